The quantitative estimate of drug-likeness (QED) is 0.350. The zero-order valence-electron chi connectivity index (χ0n) is 16.1. The molecule has 0 rings (SSSR count). The zero-order valence-corrected chi connectivity index (χ0v) is 16.1. The highest BCUT2D eigenvalue weighted by Gasteiger charge is 2.09. The van der Waals surface area contributed by atoms with Crippen molar-refractivity contribution in [2.24, 2.45) is 5.73 Å². The maximum atomic E-state index is 11.7. The lowest BCUT2D eigenvalue weighted by Gasteiger charge is -2.17. The summed E-state index contributed by atoms with van der Waals surface area (Å²) in [5.74, 6) is 0. The lowest BCUT2D eigenvalue weighted by atomic mass is 10.1. The minimum Gasteiger partial charge on any atom is -0.380 e. The normalized spacial score (nSPS) is 12.1. The number of hydrogen-bond donors (Lipinski definition) is 3. The van der Waals surface area contributed by atoms with Crippen molar-refractivity contribution in [3.63, 3.8) is 0 Å². The fraction of sp³-hybridized carbons (Fsp3) is 0.947. The predicted octanol–water partition coefficient (Wildman–Crippen LogP) is 3.96. The second-order valence-electron chi connectivity index (χ2n) is 6.53. The number of carbonyl (C=O) groups excluding carboxylic acids is 1. The van der Waals surface area contributed by atoms with Gasteiger partial charge < -0.3 is 21.1 Å². The molecule has 0 spiro atoms. The van der Waals surface area contributed by atoms with E-state index in [4.69, 9.17) is 10.5 Å². The van der Waals surface area contributed by atoms with E-state index in [1.165, 1.54) is 64.2 Å². The molecule has 144 valence electrons. The van der Waals surface area contributed by atoms with Crippen LogP contribution in [0.1, 0.15) is 84.5 Å². The third kappa shape index (κ3) is 16.1. The van der Waals surface area contributed by atoms with Crippen LogP contribution in [0.25, 0.3) is 0 Å². The van der Waals surface area contributed by atoms with E-state index in [-0.39, 0.29) is 12.1 Å². The Morgan fingerprint density at radius 1 is 0.917 bits per heavy atom. The molecule has 0 saturated carbocycles. The molecule has 5 nitrogen and oxygen atoms in total. The monoisotopic (exact) mass is 343 g/mol. The molecule has 0 aromatic rings. The van der Waals surface area contributed by atoms with Gasteiger partial charge in [0.05, 0.1) is 12.6 Å². The molecule has 2 amide bonds. The molecule has 0 aliphatic rings. The summed E-state index contributed by atoms with van der Waals surface area (Å²) in [5.41, 5.74) is 5.61. The van der Waals surface area contributed by atoms with Crippen molar-refractivity contribution < 1.29 is 9.53 Å². The molecular weight excluding hydrogens is 302 g/mol. The van der Waals surface area contributed by atoms with E-state index in [0.717, 1.165) is 13.0 Å². The van der Waals surface area contributed by atoms with Crippen molar-refractivity contribution in [1.29, 1.82) is 0 Å². The van der Waals surface area contributed by atoms with E-state index in [9.17, 15) is 4.79 Å². The van der Waals surface area contributed by atoms with Gasteiger partial charge in [0.15, 0.2) is 0 Å². The molecule has 0 radical (unpaired) electrons. The number of urea groups is 1. The molecule has 0 saturated heterocycles. The van der Waals surface area contributed by atoms with Crippen LogP contribution in [0.2, 0.25) is 0 Å². The first-order chi connectivity index (χ1) is 11.7. The number of ether oxygens (including phenoxy) is 1. The summed E-state index contributed by atoms with van der Waals surface area (Å²) in [6.07, 6.45) is 14.5. The topological polar surface area (TPSA) is 76.4 Å². The zero-order chi connectivity index (χ0) is 17.9. The Labute approximate surface area is 149 Å². The summed E-state index contributed by atoms with van der Waals surface area (Å²) >= 11 is 0. The van der Waals surface area contributed by atoms with Crippen molar-refractivity contribution in [2.75, 3.05) is 26.3 Å². The van der Waals surface area contributed by atoms with Gasteiger partial charge >= 0.3 is 6.03 Å². The Balaban J connectivity index is 3.32. The average molecular weight is 344 g/mol. The maximum Gasteiger partial charge on any atom is 0.315 e. The van der Waals surface area contributed by atoms with Crippen LogP contribution in [-0.4, -0.2) is 38.4 Å². The highest BCUT2D eigenvalue weighted by molar-refractivity contribution is 5.74. The molecule has 0 fully saturated rings. The summed E-state index contributed by atoms with van der Waals surface area (Å²) in [6, 6.07) is -0.250. The Bertz CT molecular complexity index is 275. The van der Waals surface area contributed by atoms with E-state index in [0.29, 0.717) is 19.8 Å². The Hall–Kier alpha value is -0.810. The van der Waals surface area contributed by atoms with Gasteiger partial charge in [0.25, 0.3) is 0 Å². The molecule has 0 aromatic carbocycles. The van der Waals surface area contributed by atoms with Crippen LogP contribution in [0.4, 0.5) is 4.79 Å². The van der Waals surface area contributed by atoms with Crippen LogP contribution in [0.3, 0.4) is 0 Å². The predicted molar refractivity (Wildman–Crippen MR) is 102 cm³/mol. The number of nitrogens with two attached hydrogens (primary N) is 1. The lowest BCUT2D eigenvalue weighted by Crippen LogP contribution is -2.48. The van der Waals surface area contributed by atoms with Crippen LogP contribution in [0.5, 0.6) is 0 Å². The van der Waals surface area contributed by atoms with Crippen molar-refractivity contribution in [3.8, 4) is 0 Å². The SMILES string of the molecule is CCCCCCCCCCCCCNC(=O)N[C@@H](CN)COCC. The molecular formula is C19H41N3O2. The largest absolute Gasteiger partial charge is 0.380 e. The molecule has 24 heavy (non-hydrogen) atoms. The van der Waals surface area contributed by atoms with Gasteiger partial charge in [0.2, 0.25) is 0 Å². The van der Waals surface area contributed by atoms with E-state index in [1.807, 2.05) is 6.92 Å². The van der Waals surface area contributed by atoms with Crippen LogP contribution in [0, 0.1) is 0 Å². The molecule has 0 heterocycles. The Morgan fingerprint density at radius 3 is 1.96 bits per heavy atom. The molecule has 0 unspecified atom stereocenters. The first-order valence-corrected chi connectivity index (χ1v) is 10.1. The van der Waals surface area contributed by atoms with Crippen LogP contribution in [-0.2, 0) is 4.74 Å². The minimum atomic E-state index is -0.141. The highest BCUT2D eigenvalue weighted by atomic mass is 16.5. The number of unbranched alkanes of at least 4 members (excludes halogenated alkanes) is 10. The summed E-state index contributed by atoms with van der Waals surface area (Å²) in [4.78, 5) is 11.7. The van der Waals surface area contributed by atoms with Crippen LogP contribution in [0.15, 0.2) is 0 Å². The molecule has 1 atom stereocenters. The number of rotatable bonds is 17. The summed E-state index contributed by atoms with van der Waals surface area (Å²) < 4.78 is 5.28. The molecule has 5 heteroatoms. The molecule has 0 aliphatic heterocycles. The van der Waals surface area contributed by atoms with Gasteiger partial charge in [-0.3, -0.25) is 0 Å². The second-order valence-corrected chi connectivity index (χ2v) is 6.53. The fourth-order valence-corrected chi connectivity index (χ4v) is 2.66. The molecule has 4 N–H and O–H groups in total. The highest BCUT2D eigenvalue weighted by Crippen LogP contribution is 2.10. The first-order valence-electron chi connectivity index (χ1n) is 10.1. The number of amides is 2. The van der Waals surface area contributed by atoms with E-state index in [1.54, 1.807) is 0 Å². The smallest absolute Gasteiger partial charge is 0.315 e. The van der Waals surface area contributed by atoms with Gasteiger partial charge in [-0.25, -0.2) is 4.79 Å². The van der Waals surface area contributed by atoms with E-state index in [2.05, 4.69) is 17.6 Å². The van der Waals surface area contributed by atoms with Crippen molar-refractivity contribution >= 4 is 6.03 Å². The van der Waals surface area contributed by atoms with Gasteiger partial charge in [0, 0.05) is 19.7 Å². The van der Waals surface area contributed by atoms with E-state index < -0.39 is 0 Å². The summed E-state index contributed by atoms with van der Waals surface area (Å²) in [6.45, 7) is 6.42. The third-order valence-corrected chi connectivity index (χ3v) is 4.21. The van der Waals surface area contributed by atoms with Gasteiger partial charge in [-0.2, -0.15) is 0 Å². The lowest BCUT2D eigenvalue weighted by molar-refractivity contribution is 0.126. The van der Waals surface area contributed by atoms with Gasteiger partial charge in [-0.15, -0.1) is 0 Å². The van der Waals surface area contributed by atoms with Crippen LogP contribution >= 0.6 is 0 Å². The summed E-state index contributed by atoms with van der Waals surface area (Å²) in [5, 5.41) is 5.73. The molecule has 0 aliphatic carbocycles. The van der Waals surface area contributed by atoms with Crippen molar-refractivity contribution in [2.45, 2.75) is 90.5 Å². The summed E-state index contributed by atoms with van der Waals surface area (Å²) in [7, 11) is 0. The molecule has 0 bridgehead atoms. The van der Waals surface area contributed by atoms with Crippen LogP contribution < -0.4 is 16.4 Å². The van der Waals surface area contributed by atoms with Crippen molar-refractivity contribution in [1.82, 2.24) is 10.6 Å². The Kier molecular flexibility index (Phi) is 17.9. The van der Waals surface area contributed by atoms with E-state index >= 15 is 0 Å². The fourth-order valence-electron chi connectivity index (χ4n) is 2.66. The standard InChI is InChI=1S/C19H41N3O2/c1-3-5-6-7-8-9-10-11-12-13-14-15-21-19(23)22-18(16-20)17-24-4-2/h18H,3-17,20H2,1-2H3,(H2,21,22,23)/t18-/m0/s1. The molecule has 0 aromatic heterocycles. The number of hydrogen-bond acceptors (Lipinski definition) is 3. The van der Waals surface area contributed by atoms with Gasteiger partial charge in [0.1, 0.15) is 0 Å². The minimum absolute atomic E-state index is 0.109. The second kappa shape index (κ2) is 18.5. The van der Waals surface area contributed by atoms with Gasteiger partial charge in [-0.1, -0.05) is 71.1 Å². The average Bonchev–Trinajstić information content (AvgIpc) is 2.59. The first kappa shape index (κ1) is 23.2. The number of nitrogens with one attached hydrogen (secondary N) is 2. The maximum absolute atomic E-state index is 11.7. The third-order valence-electron chi connectivity index (χ3n) is 4.21. The number of carbonyl (C=O) groups is 1. The Morgan fingerprint density at radius 2 is 1.46 bits per heavy atom. The van der Waals surface area contributed by atoms with Crippen molar-refractivity contribution in [3.05, 3.63) is 0 Å². The van der Waals surface area contributed by atoms with Gasteiger partial charge in [-0.05, 0) is 13.3 Å².